The van der Waals surface area contributed by atoms with E-state index in [1.807, 2.05) is 6.07 Å². The highest BCUT2D eigenvalue weighted by atomic mass is 16.5. The molecule has 0 atom stereocenters. The zero-order valence-electron chi connectivity index (χ0n) is 18.5. The van der Waals surface area contributed by atoms with Crippen LogP contribution in [-0.4, -0.2) is 61.9 Å². The zero-order chi connectivity index (χ0) is 21.1. The molecule has 2 aliphatic heterocycles. The molecule has 0 amide bonds. The molecule has 3 heterocycles. The molecule has 0 spiro atoms. The van der Waals surface area contributed by atoms with Crippen molar-refractivity contribution < 1.29 is 14.2 Å². The first-order valence-corrected chi connectivity index (χ1v) is 10.7. The van der Waals surface area contributed by atoms with Gasteiger partial charge in [-0.1, -0.05) is 13.8 Å². The number of aromatic nitrogens is 2. The monoisotopic (exact) mass is 412 g/mol. The Kier molecular flexibility index (Phi) is 6.39. The summed E-state index contributed by atoms with van der Waals surface area (Å²) in [7, 11) is 3.38. The van der Waals surface area contributed by atoms with Crippen molar-refractivity contribution in [3.63, 3.8) is 0 Å². The minimum atomic E-state index is 0.299. The maximum absolute atomic E-state index is 5.55. The second-order valence-electron chi connectivity index (χ2n) is 8.27. The van der Waals surface area contributed by atoms with Crippen molar-refractivity contribution in [1.29, 1.82) is 0 Å². The quantitative estimate of drug-likeness (QED) is 0.723. The summed E-state index contributed by atoms with van der Waals surface area (Å²) in [6.07, 6.45) is 0.960. The number of methoxy groups -OCH3 is 2. The van der Waals surface area contributed by atoms with Gasteiger partial charge in [0.2, 0.25) is 0 Å². The van der Waals surface area contributed by atoms with Crippen LogP contribution in [0.3, 0.4) is 0 Å². The van der Waals surface area contributed by atoms with Gasteiger partial charge >= 0.3 is 0 Å². The Morgan fingerprint density at radius 3 is 2.33 bits per heavy atom. The maximum Gasteiger partial charge on any atom is 0.136 e. The summed E-state index contributed by atoms with van der Waals surface area (Å²) in [6, 6.07) is 6.07. The van der Waals surface area contributed by atoms with E-state index in [0.29, 0.717) is 5.92 Å². The SMILES string of the molecule is COc1cc(CN2CCc3c(nc(C(C)C)nc3N3CCOCC3)C2)cc(OC)c1. The normalized spacial score (nSPS) is 17.2. The molecule has 0 saturated carbocycles. The van der Waals surface area contributed by atoms with Crippen LogP contribution in [0.4, 0.5) is 5.82 Å². The van der Waals surface area contributed by atoms with Crippen molar-refractivity contribution in [2.24, 2.45) is 0 Å². The fourth-order valence-corrected chi connectivity index (χ4v) is 4.13. The molecule has 7 nitrogen and oxygen atoms in total. The van der Waals surface area contributed by atoms with Gasteiger partial charge in [-0.25, -0.2) is 9.97 Å². The van der Waals surface area contributed by atoms with E-state index in [4.69, 9.17) is 24.2 Å². The van der Waals surface area contributed by atoms with E-state index in [2.05, 4.69) is 35.8 Å². The van der Waals surface area contributed by atoms with Gasteiger partial charge in [-0.3, -0.25) is 4.90 Å². The highest BCUT2D eigenvalue weighted by Crippen LogP contribution is 2.30. The van der Waals surface area contributed by atoms with Gasteiger partial charge in [-0.05, 0) is 24.1 Å². The van der Waals surface area contributed by atoms with Gasteiger partial charge in [0.05, 0.1) is 33.1 Å². The number of anilines is 1. The van der Waals surface area contributed by atoms with Crippen molar-refractivity contribution in [2.45, 2.75) is 39.3 Å². The molecule has 2 aromatic rings. The molecule has 1 fully saturated rings. The van der Waals surface area contributed by atoms with Crippen LogP contribution in [0.1, 0.15) is 42.4 Å². The lowest BCUT2D eigenvalue weighted by Crippen LogP contribution is -2.39. The third-order valence-corrected chi connectivity index (χ3v) is 5.78. The fraction of sp³-hybridized carbons (Fsp3) is 0.565. The van der Waals surface area contributed by atoms with Crippen LogP contribution in [0.25, 0.3) is 0 Å². The number of nitrogens with zero attached hydrogens (tertiary/aromatic N) is 4. The molecule has 0 N–H and O–H groups in total. The van der Waals surface area contributed by atoms with E-state index in [1.165, 1.54) is 11.1 Å². The molecule has 0 aliphatic carbocycles. The molecule has 7 heteroatoms. The van der Waals surface area contributed by atoms with Crippen LogP contribution in [0.15, 0.2) is 18.2 Å². The van der Waals surface area contributed by atoms with Gasteiger partial charge in [0.15, 0.2) is 0 Å². The van der Waals surface area contributed by atoms with Crippen LogP contribution in [0.2, 0.25) is 0 Å². The standard InChI is InChI=1S/C23H32N4O3/c1-16(2)22-24-21-15-26(14-17-11-18(28-3)13-19(12-17)29-4)6-5-20(21)23(25-22)27-7-9-30-10-8-27/h11-13,16H,5-10,14-15H2,1-4H3. The predicted molar refractivity (Wildman–Crippen MR) is 117 cm³/mol. The molecule has 30 heavy (non-hydrogen) atoms. The van der Waals surface area contributed by atoms with Crippen molar-refractivity contribution in [1.82, 2.24) is 14.9 Å². The predicted octanol–water partition coefficient (Wildman–Crippen LogP) is 3.01. The molecule has 2 aliphatic rings. The van der Waals surface area contributed by atoms with Gasteiger partial charge in [-0.15, -0.1) is 0 Å². The molecular formula is C23H32N4O3. The summed E-state index contributed by atoms with van der Waals surface area (Å²) in [6.45, 7) is 10.3. The molecular weight excluding hydrogens is 380 g/mol. The number of benzene rings is 1. The van der Waals surface area contributed by atoms with Gasteiger partial charge < -0.3 is 19.1 Å². The van der Waals surface area contributed by atoms with Crippen LogP contribution in [0.5, 0.6) is 11.5 Å². The lowest BCUT2D eigenvalue weighted by molar-refractivity contribution is 0.122. The molecule has 1 aromatic carbocycles. The van der Waals surface area contributed by atoms with Gasteiger partial charge in [0, 0.05) is 50.3 Å². The van der Waals surface area contributed by atoms with Crippen molar-refractivity contribution >= 4 is 5.82 Å². The molecule has 1 aromatic heterocycles. The highest BCUT2D eigenvalue weighted by Gasteiger charge is 2.26. The van der Waals surface area contributed by atoms with Crippen molar-refractivity contribution in [2.75, 3.05) is 52.0 Å². The van der Waals surface area contributed by atoms with Gasteiger partial charge in [0.1, 0.15) is 23.1 Å². The second-order valence-corrected chi connectivity index (χ2v) is 8.27. The number of hydrogen-bond donors (Lipinski definition) is 0. The molecule has 1 saturated heterocycles. The van der Waals surface area contributed by atoms with E-state index in [9.17, 15) is 0 Å². The number of ether oxygens (including phenoxy) is 3. The third kappa shape index (κ3) is 4.52. The lowest BCUT2D eigenvalue weighted by Gasteiger charge is -2.34. The summed E-state index contributed by atoms with van der Waals surface area (Å²) >= 11 is 0. The third-order valence-electron chi connectivity index (χ3n) is 5.78. The maximum atomic E-state index is 5.55. The minimum Gasteiger partial charge on any atom is -0.497 e. The summed E-state index contributed by atoms with van der Waals surface area (Å²) in [4.78, 5) is 14.8. The summed E-state index contributed by atoms with van der Waals surface area (Å²) in [5, 5.41) is 0. The first-order valence-electron chi connectivity index (χ1n) is 10.7. The van der Waals surface area contributed by atoms with Gasteiger partial charge in [-0.2, -0.15) is 0 Å². The van der Waals surface area contributed by atoms with E-state index < -0.39 is 0 Å². The highest BCUT2D eigenvalue weighted by molar-refractivity contribution is 5.51. The first kappa shape index (κ1) is 20.9. The number of fused-ring (bicyclic) bond motifs is 1. The number of morpholine rings is 1. The Hall–Kier alpha value is -2.38. The van der Waals surface area contributed by atoms with Crippen LogP contribution >= 0.6 is 0 Å². The molecule has 0 bridgehead atoms. The van der Waals surface area contributed by atoms with Crippen molar-refractivity contribution in [3.8, 4) is 11.5 Å². The van der Waals surface area contributed by atoms with Crippen LogP contribution in [0, 0.1) is 0 Å². The Morgan fingerprint density at radius 1 is 1.00 bits per heavy atom. The molecule has 4 rings (SSSR count). The van der Waals surface area contributed by atoms with Gasteiger partial charge in [0.25, 0.3) is 0 Å². The Balaban J connectivity index is 1.59. The first-order chi connectivity index (χ1) is 14.6. The fourth-order valence-electron chi connectivity index (χ4n) is 4.13. The van der Waals surface area contributed by atoms with E-state index in [1.54, 1.807) is 14.2 Å². The van der Waals surface area contributed by atoms with E-state index in [-0.39, 0.29) is 0 Å². The Morgan fingerprint density at radius 2 is 1.70 bits per heavy atom. The Bertz CT molecular complexity index is 859. The molecule has 0 radical (unpaired) electrons. The summed E-state index contributed by atoms with van der Waals surface area (Å²) < 4.78 is 16.4. The minimum absolute atomic E-state index is 0.299. The largest absolute Gasteiger partial charge is 0.497 e. The topological polar surface area (TPSA) is 60.0 Å². The van der Waals surface area contributed by atoms with Crippen LogP contribution < -0.4 is 14.4 Å². The molecule has 162 valence electrons. The van der Waals surface area contributed by atoms with Crippen molar-refractivity contribution in [3.05, 3.63) is 40.8 Å². The zero-order valence-corrected chi connectivity index (χ0v) is 18.5. The average Bonchev–Trinajstić information content (AvgIpc) is 2.78. The summed E-state index contributed by atoms with van der Waals surface area (Å²) in [5.74, 6) is 3.99. The van der Waals surface area contributed by atoms with E-state index >= 15 is 0 Å². The van der Waals surface area contributed by atoms with E-state index in [0.717, 1.165) is 81.2 Å². The van der Waals surface area contributed by atoms with Crippen LogP contribution in [-0.2, 0) is 24.2 Å². The Labute approximate surface area is 179 Å². The second kappa shape index (κ2) is 9.18. The lowest BCUT2D eigenvalue weighted by atomic mass is 10.0. The molecule has 0 unspecified atom stereocenters. The smallest absolute Gasteiger partial charge is 0.136 e. The number of rotatable bonds is 6. The number of hydrogen-bond acceptors (Lipinski definition) is 7. The average molecular weight is 413 g/mol. The summed E-state index contributed by atoms with van der Waals surface area (Å²) in [5.41, 5.74) is 3.65.